The van der Waals surface area contributed by atoms with Crippen LogP contribution in [0, 0.1) is 0 Å². The molecule has 2 rings (SSSR count). The lowest BCUT2D eigenvalue weighted by Crippen LogP contribution is -2.24. The van der Waals surface area contributed by atoms with Gasteiger partial charge in [-0.3, -0.25) is 9.59 Å². The van der Waals surface area contributed by atoms with Gasteiger partial charge in [-0.05, 0) is 30.7 Å². The zero-order chi connectivity index (χ0) is 18.1. The Morgan fingerprint density at radius 3 is 2.68 bits per heavy atom. The van der Waals surface area contributed by atoms with Crippen molar-refractivity contribution in [2.75, 3.05) is 24.7 Å². The van der Waals surface area contributed by atoms with Crippen molar-refractivity contribution in [3.05, 3.63) is 54.1 Å². The summed E-state index contributed by atoms with van der Waals surface area (Å²) >= 11 is 1.34. The van der Waals surface area contributed by atoms with Crippen LogP contribution in [0.4, 0.5) is 5.69 Å². The van der Waals surface area contributed by atoms with E-state index < -0.39 is 0 Å². The van der Waals surface area contributed by atoms with Crippen LogP contribution in [0.3, 0.4) is 0 Å². The summed E-state index contributed by atoms with van der Waals surface area (Å²) in [5.41, 5.74) is 1.27. The molecule has 0 aliphatic heterocycles. The van der Waals surface area contributed by atoms with Crippen LogP contribution in [0.2, 0.25) is 0 Å². The number of hydrogen-bond acceptors (Lipinski definition) is 4. The van der Waals surface area contributed by atoms with Gasteiger partial charge in [-0.25, -0.2) is 0 Å². The molecule has 0 radical (unpaired) electrons. The summed E-state index contributed by atoms with van der Waals surface area (Å²) in [6, 6.07) is 14.5. The van der Waals surface area contributed by atoms with Crippen molar-refractivity contribution in [2.45, 2.75) is 18.2 Å². The SMILES string of the molecule is CCCNC(=O)c1ccccc1SCC(=O)Nc1cccc(OC)c1. The molecule has 132 valence electrons. The highest BCUT2D eigenvalue weighted by Crippen LogP contribution is 2.23. The molecule has 2 amide bonds. The van der Waals surface area contributed by atoms with E-state index in [2.05, 4.69) is 10.6 Å². The number of ether oxygens (including phenoxy) is 1. The normalized spacial score (nSPS) is 10.2. The van der Waals surface area contributed by atoms with Gasteiger partial charge in [0.1, 0.15) is 5.75 Å². The van der Waals surface area contributed by atoms with Crippen molar-refractivity contribution < 1.29 is 14.3 Å². The van der Waals surface area contributed by atoms with Gasteiger partial charge in [0.15, 0.2) is 0 Å². The summed E-state index contributed by atoms with van der Waals surface area (Å²) in [5, 5.41) is 5.69. The number of anilines is 1. The lowest BCUT2D eigenvalue weighted by Gasteiger charge is -2.10. The highest BCUT2D eigenvalue weighted by Gasteiger charge is 2.12. The summed E-state index contributed by atoms with van der Waals surface area (Å²) in [6.07, 6.45) is 0.879. The van der Waals surface area contributed by atoms with Gasteiger partial charge < -0.3 is 15.4 Å². The average molecular weight is 358 g/mol. The van der Waals surface area contributed by atoms with Gasteiger partial charge in [0.05, 0.1) is 18.4 Å². The van der Waals surface area contributed by atoms with Crippen LogP contribution in [0.15, 0.2) is 53.4 Å². The molecular formula is C19H22N2O3S. The molecule has 0 spiro atoms. The maximum Gasteiger partial charge on any atom is 0.252 e. The van der Waals surface area contributed by atoms with Crippen molar-refractivity contribution in [1.82, 2.24) is 5.32 Å². The van der Waals surface area contributed by atoms with E-state index in [1.165, 1.54) is 11.8 Å². The molecule has 0 aliphatic carbocycles. The van der Waals surface area contributed by atoms with E-state index in [0.29, 0.717) is 23.5 Å². The van der Waals surface area contributed by atoms with Crippen LogP contribution in [-0.2, 0) is 4.79 Å². The van der Waals surface area contributed by atoms with Gasteiger partial charge >= 0.3 is 0 Å². The molecule has 2 aromatic rings. The Hall–Kier alpha value is -2.47. The number of thioether (sulfide) groups is 1. The third-order valence-electron chi connectivity index (χ3n) is 3.38. The fraction of sp³-hybridized carbons (Fsp3) is 0.263. The summed E-state index contributed by atoms with van der Waals surface area (Å²) in [7, 11) is 1.58. The molecule has 0 aliphatic rings. The lowest BCUT2D eigenvalue weighted by atomic mass is 10.2. The van der Waals surface area contributed by atoms with Crippen LogP contribution in [0.1, 0.15) is 23.7 Å². The number of benzene rings is 2. The maximum absolute atomic E-state index is 12.2. The molecule has 0 heterocycles. The van der Waals surface area contributed by atoms with E-state index in [9.17, 15) is 9.59 Å². The van der Waals surface area contributed by atoms with E-state index >= 15 is 0 Å². The maximum atomic E-state index is 12.2. The molecule has 6 heteroatoms. The number of carbonyl (C=O) groups excluding carboxylic acids is 2. The van der Waals surface area contributed by atoms with Gasteiger partial charge in [0, 0.05) is 23.2 Å². The minimum atomic E-state index is -0.137. The minimum Gasteiger partial charge on any atom is -0.497 e. The summed E-state index contributed by atoms with van der Waals surface area (Å²) in [4.78, 5) is 25.1. The van der Waals surface area contributed by atoms with Crippen molar-refractivity contribution in [3.8, 4) is 5.75 Å². The molecule has 5 nitrogen and oxygen atoms in total. The number of carbonyl (C=O) groups is 2. The molecule has 0 saturated heterocycles. The first-order chi connectivity index (χ1) is 12.1. The monoisotopic (exact) mass is 358 g/mol. The van der Waals surface area contributed by atoms with Crippen molar-refractivity contribution >= 4 is 29.3 Å². The molecule has 0 aromatic heterocycles. The molecule has 0 saturated carbocycles. The zero-order valence-electron chi connectivity index (χ0n) is 14.4. The van der Waals surface area contributed by atoms with Crippen LogP contribution in [0.25, 0.3) is 0 Å². The van der Waals surface area contributed by atoms with E-state index in [1.807, 2.05) is 37.3 Å². The van der Waals surface area contributed by atoms with Crippen molar-refractivity contribution in [3.63, 3.8) is 0 Å². The van der Waals surface area contributed by atoms with Gasteiger partial charge in [-0.15, -0.1) is 11.8 Å². The molecule has 2 N–H and O–H groups in total. The molecule has 0 atom stereocenters. The third kappa shape index (κ3) is 5.83. The van der Waals surface area contributed by atoms with E-state index in [0.717, 1.165) is 11.3 Å². The summed E-state index contributed by atoms with van der Waals surface area (Å²) in [6.45, 7) is 2.64. The average Bonchev–Trinajstić information content (AvgIpc) is 2.64. The first-order valence-electron chi connectivity index (χ1n) is 8.08. The first kappa shape index (κ1) is 18.9. The largest absolute Gasteiger partial charge is 0.497 e. The van der Waals surface area contributed by atoms with E-state index in [1.54, 1.807) is 25.3 Å². The van der Waals surface area contributed by atoms with Crippen molar-refractivity contribution in [2.24, 2.45) is 0 Å². The summed E-state index contributed by atoms with van der Waals surface area (Å²) < 4.78 is 5.14. The molecular weight excluding hydrogens is 336 g/mol. The lowest BCUT2D eigenvalue weighted by molar-refractivity contribution is -0.113. The van der Waals surface area contributed by atoms with Crippen LogP contribution < -0.4 is 15.4 Å². The highest BCUT2D eigenvalue weighted by molar-refractivity contribution is 8.00. The predicted molar refractivity (Wildman–Crippen MR) is 101 cm³/mol. The number of methoxy groups -OCH3 is 1. The second kappa shape index (κ2) is 9.74. The third-order valence-corrected chi connectivity index (χ3v) is 4.45. The van der Waals surface area contributed by atoms with Gasteiger partial charge in [-0.2, -0.15) is 0 Å². The number of nitrogens with one attached hydrogen (secondary N) is 2. The van der Waals surface area contributed by atoms with Crippen molar-refractivity contribution in [1.29, 1.82) is 0 Å². The fourth-order valence-corrected chi connectivity index (χ4v) is 3.00. The van der Waals surface area contributed by atoms with Gasteiger partial charge in [-0.1, -0.05) is 25.1 Å². The molecule has 25 heavy (non-hydrogen) atoms. The molecule has 2 aromatic carbocycles. The van der Waals surface area contributed by atoms with E-state index in [4.69, 9.17) is 4.74 Å². The van der Waals surface area contributed by atoms with Crippen LogP contribution in [-0.4, -0.2) is 31.2 Å². The minimum absolute atomic E-state index is 0.113. The molecule has 0 bridgehead atoms. The Bertz CT molecular complexity index is 734. The van der Waals surface area contributed by atoms with Crippen LogP contribution in [0.5, 0.6) is 5.75 Å². The number of rotatable bonds is 8. The van der Waals surface area contributed by atoms with E-state index in [-0.39, 0.29) is 17.6 Å². The molecule has 0 unspecified atom stereocenters. The number of hydrogen-bond donors (Lipinski definition) is 2. The topological polar surface area (TPSA) is 67.4 Å². The first-order valence-corrected chi connectivity index (χ1v) is 9.06. The zero-order valence-corrected chi connectivity index (χ0v) is 15.2. The quantitative estimate of drug-likeness (QED) is 0.708. The Labute approximate surface area is 152 Å². The smallest absolute Gasteiger partial charge is 0.252 e. The van der Waals surface area contributed by atoms with Gasteiger partial charge in [0.25, 0.3) is 5.91 Å². The fourth-order valence-electron chi connectivity index (χ4n) is 2.16. The Morgan fingerprint density at radius 2 is 1.92 bits per heavy atom. The number of amides is 2. The summed E-state index contributed by atoms with van der Waals surface area (Å²) in [5.74, 6) is 0.651. The highest BCUT2D eigenvalue weighted by atomic mass is 32.2. The standard InChI is InChI=1S/C19H22N2O3S/c1-3-11-20-19(23)16-9-4-5-10-17(16)25-13-18(22)21-14-7-6-8-15(12-14)24-2/h4-10,12H,3,11,13H2,1-2H3,(H,20,23)(H,21,22). The Morgan fingerprint density at radius 1 is 1.12 bits per heavy atom. The Balaban J connectivity index is 1.96. The second-order valence-corrected chi connectivity index (χ2v) is 6.34. The molecule has 0 fully saturated rings. The second-order valence-electron chi connectivity index (χ2n) is 5.32. The predicted octanol–water partition coefficient (Wildman–Crippen LogP) is 3.57. The van der Waals surface area contributed by atoms with Gasteiger partial charge in [0.2, 0.25) is 5.91 Å². The Kier molecular flexibility index (Phi) is 7.35. The van der Waals surface area contributed by atoms with Crippen LogP contribution >= 0.6 is 11.8 Å².